The average Bonchev–Trinajstić information content (AvgIpc) is 2.18. The summed E-state index contributed by atoms with van der Waals surface area (Å²) in [7, 11) is 0. The summed E-state index contributed by atoms with van der Waals surface area (Å²) in [6.07, 6.45) is 0.231. The van der Waals surface area contributed by atoms with E-state index in [9.17, 15) is 5.11 Å². The van der Waals surface area contributed by atoms with Crippen LogP contribution in [0.25, 0.3) is 0 Å². The molecule has 0 heterocycles. The standard InChI is InChI=1S/C12H19NO/c1-9(2)11-5-3-10(4-6-11)7-12(14)8-13/h3-6,9,12,14H,7-8,13H2,1-2H3. The average molecular weight is 193 g/mol. The maximum Gasteiger partial charge on any atom is 0.0702 e. The van der Waals surface area contributed by atoms with Crippen molar-refractivity contribution >= 4 is 0 Å². The van der Waals surface area contributed by atoms with Crippen molar-refractivity contribution < 1.29 is 5.11 Å². The van der Waals surface area contributed by atoms with Crippen LogP contribution in [0.15, 0.2) is 24.3 Å². The molecule has 0 aliphatic rings. The summed E-state index contributed by atoms with van der Waals surface area (Å²) < 4.78 is 0. The number of aliphatic hydroxyl groups excluding tert-OH is 1. The second-order valence-corrected chi connectivity index (χ2v) is 3.99. The number of aliphatic hydroxyl groups is 1. The maximum absolute atomic E-state index is 9.36. The van der Waals surface area contributed by atoms with Crippen molar-refractivity contribution in [3.05, 3.63) is 35.4 Å². The van der Waals surface area contributed by atoms with Crippen molar-refractivity contribution in [2.45, 2.75) is 32.3 Å². The minimum absolute atomic E-state index is 0.325. The second kappa shape index (κ2) is 5.13. The molecule has 1 aromatic carbocycles. The van der Waals surface area contributed by atoms with Gasteiger partial charge in [0.2, 0.25) is 0 Å². The summed E-state index contributed by atoms with van der Waals surface area (Å²) in [4.78, 5) is 0. The zero-order chi connectivity index (χ0) is 10.6. The molecule has 1 unspecified atom stereocenters. The third kappa shape index (κ3) is 3.13. The van der Waals surface area contributed by atoms with Gasteiger partial charge in [-0.2, -0.15) is 0 Å². The SMILES string of the molecule is CC(C)c1ccc(CC(O)CN)cc1. The Balaban J connectivity index is 2.64. The molecule has 0 fully saturated rings. The smallest absolute Gasteiger partial charge is 0.0702 e. The van der Waals surface area contributed by atoms with E-state index in [-0.39, 0.29) is 0 Å². The monoisotopic (exact) mass is 193 g/mol. The molecular formula is C12H19NO. The van der Waals surface area contributed by atoms with Gasteiger partial charge < -0.3 is 10.8 Å². The summed E-state index contributed by atoms with van der Waals surface area (Å²) in [5.41, 5.74) is 7.82. The van der Waals surface area contributed by atoms with Crippen molar-refractivity contribution in [2.24, 2.45) is 5.73 Å². The minimum atomic E-state index is -0.417. The lowest BCUT2D eigenvalue weighted by Crippen LogP contribution is -2.21. The van der Waals surface area contributed by atoms with Gasteiger partial charge in [-0.25, -0.2) is 0 Å². The molecule has 2 heteroatoms. The van der Waals surface area contributed by atoms with E-state index < -0.39 is 6.10 Å². The first-order valence-corrected chi connectivity index (χ1v) is 5.10. The number of hydrogen-bond acceptors (Lipinski definition) is 2. The normalized spacial score (nSPS) is 13.2. The first-order valence-electron chi connectivity index (χ1n) is 5.10. The molecule has 1 atom stereocenters. The zero-order valence-corrected chi connectivity index (χ0v) is 8.90. The van der Waals surface area contributed by atoms with Crippen molar-refractivity contribution in [1.82, 2.24) is 0 Å². The first-order chi connectivity index (χ1) is 6.63. The Hall–Kier alpha value is -0.860. The van der Waals surface area contributed by atoms with E-state index >= 15 is 0 Å². The van der Waals surface area contributed by atoms with Crippen LogP contribution in [0.5, 0.6) is 0 Å². The lowest BCUT2D eigenvalue weighted by molar-refractivity contribution is 0.183. The van der Waals surface area contributed by atoms with E-state index in [4.69, 9.17) is 5.73 Å². The highest BCUT2D eigenvalue weighted by Crippen LogP contribution is 2.15. The molecular weight excluding hydrogens is 174 g/mol. The lowest BCUT2D eigenvalue weighted by atomic mass is 10.00. The highest BCUT2D eigenvalue weighted by Gasteiger charge is 2.03. The van der Waals surface area contributed by atoms with Gasteiger partial charge in [-0.15, -0.1) is 0 Å². The summed E-state index contributed by atoms with van der Waals surface area (Å²) >= 11 is 0. The van der Waals surface area contributed by atoms with Crippen LogP contribution in [0.3, 0.4) is 0 Å². The van der Waals surface area contributed by atoms with Crippen LogP contribution in [0.4, 0.5) is 0 Å². The minimum Gasteiger partial charge on any atom is -0.391 e. The van der Waals surface area contributed by atoms with Gasteiger partial charge in [0.15, 0.2) is 0 Å². The Morgan fingerprint density at radius 2 is 1.79 bits per heavy atom. The van der Waals surface area contributed by atoms with Gasteiger partial charge in [0.1, 0.15) is 0 Å². The largest absolute Gasteiger partial charge is 0.391 e. The van der Waals surface area contributed by atoms with Crippen molar-refractivity contribution in [3.8, 4) is 0 Å². The second-order valence-electron chi connectivity index (χ2n) is 3.99. The Morgan fingerprint density at radius 1 is 1.21 bits per heavy atom. The third-order valence-corrected chi connectivity index (χ3v) is 2.39. The van der Waals surface area contributed by atoms with Gasteiger partial charge in [0.25, 0.3) is 0 Å². The van der Waals surface area contributed by atoms with Crippen LogP contribution in [0.2, 0.25) is 0 Å². The number of hydrogen-bond donors (Lipinski definition) is 2. The summed E-state index contributed by atoms with van der Waals surface area (Å²) in [6, 6.07) is 8.36. The van der Waals surface area contributed by atoms with Gasteiger partial charge in [-0.1, -0.05) is 38.1 Å². The van der Waals surface area contributed by atoms with Crippen LogP contribution >= 0.6 is 0 Å². The fourth-order valence-electron chi connectivity index (χ4n) is 1.39. The molecule has 0 aliphatic heterocycles. The van der Waals surface area contributed by atoms with E-state index in [0.29, 0.717) is 18.9 Å². The number of nitrogens with two attached hydrogens (primary N) is 1. The molecule has 0 radical (unpaired) electrons. The van der Waals surface area contributed by atoms with Crippen LogP contribution in [-0.4, -0.2) is 17.8 Å². The lowest BCUT2D eigenvalue weighted by Gasteiger charge is -2.09. The molecule has 0 saturated heterocycles. The molecule has 1 aromatic rings. The first kappa shape index (κ1) is 11.2. The van der Waals surface area contributed by atoms with Gasteiger partial charge in [0, 0.05) is 6.54 Å². The van der Waals surface area contributed by atoms with Crippen LogP contribution in [0.1, 0.15) is 30.9 Å². The fraction of sp³-hybridized carbons (Fsp3) is 0.500. The molecule has 78 valence electrons. The molecule has 3 N–H and O–H groups in total. The van der Waals surface area contributed by atoms with Gasteiger partial charge in [-0.05, 0) is 23.5 Å². The molecule has 0 aliphatic carbocycles. The van der Waals surface area contributed by atoms with E-state index in [2.05, 4.69) is 38.1 Å². The highest BCUT2D eigenvalue weighted by molar-refractivity contribution is 5.25. The third-order valence-electron chi connectivity index (χ3n) is 2.39. The Bertz CT molecular complexity index is 266. The topological polar surface area (TPSA) is 46.2 Å². The molecule has 2 nitrogen and oxygen atoms in total. The molecule has 0 aromatic heterocycles. The van der Waals surface area contributed by atoms with E-state index in [1.165, 1.54) is 5.56 Å². The van der Waals surface area contributed by atoms with E-state index in [1.807, 2.05) is 0 Å². The van der Waals surface area contributed by atoms with E-state index in [1.54, 1.807) is 0 Å². The van der Waals surface area contributed by atoms with Crippen LogP contribution in [0, 0.1) is 0 Å². The summed E-state index contributed by atoms with van der Waals surface area (Å²) in [6.45, 7) is 4.67. The predicted octanol–water partition coefficient (Wildman–Crippen LogP) is 1.67. The summed E-state index contributed by atoms with van der Waals surface area (Å²) in [5, 5.41) is 9.36. The van der Waals surface area contributed by atoms with Crippen LogP contribution in [-0.2, 0) is 6.42 Å². The Kier molecular flexibility index (Phi) is 4.11. The highest BCUT2D eigenvalue weighted by atomic mass is 16.3. The Morgan fingerprint density at radius 3 is 2.21 bits per heavy atom. The molecule has 0 amide bonds. The zero-order valence-electron chi connectivity index (χ0n) is 8.90. The quantitative estimate of drug-likeness (QED) is 0.764. The maximum atomic E-state index is 9.36. The molecule has 14 heavy (non-hydrogen) atoms. The Labute approximate surface area is 85.8 Å². The van der Waals surface area contributed by atoms with Gasteiger partial charge in [0.05, 0.1) is 6.10 Å². The van der Waals surface area contributed by atoms with Crippen LogP contribution < -0.4 is 5.73 Å². The van der Waals surface area contributed by atoms with Crippen molar-refractivity contribution in [1.29, 1.82) is 0 Å². The van der Waals surface area contributed by atoms with Crippen molar-refractivity contribution in [3.63, 3.8) is 0 Å². The number of benzene rings is 1. The molecule has 0 saturated carbocycles. The molecule has 0 bridgehead atoms. The summed E-state index contributed by atoms with van der Waals surface area (Å²) in [5.74, 6) is 0.559. The molecule has 0 spiro atoms. The fourth-order valence-corrected chi connectivity index (χ4v) is 1.39. The predicted molar refractivity (Wildman–Crippen MR) is 59.3 cm³/mol. The molecule has 1 rings (SSSR count). The number of rotatable bonds is 4. The van der Waals surface area contributed by atoms with E-state index in [0.717, 1.165) is 5.56 Å². The van der Waals surface area contributed by atoms with Gasteiger partial charge in [-0.3, -0.25) is 0 Å². The van der Waals surface area contributed by atoms with Gasteiger partial charge >= 0.3 is 0 Å². The van der Waals surface area contributed by atoms with Crippen molar-refractivity contribution in [2.75, 3.05) is 6.54 Å².